The van der Waals surface area contributed by atoms with Crippen molar-refractivity contribution in [3.8, 4) is 11.3 Å². The first-order chi connectivity index (χ1) is 15.9. The second-order valence-electron chi connectivity index (χ2n) is 9.04. The Kier molecular flexibility index (Phi) is 5.93. The maximum atomic E-state index is 14.4. The van der Waals surface area contributed by atoms with Gasteiger partial charge in [0.1, 0.15) is 21.3 Å². The van der Waals surface area contributed by atoms with Gasteiger partial charge < -0.3 is 5.32 Å². The average molecular weight is 466 g/mol. The maximum absolute atomic E-state index is 14.4. The van der Waals surface area contributed by atoms with E-state index in [0.29, 0.717) is 23.2 Å². The molecule has 0 atom stereocenters. The van der Waals surface area contributed by atoms with Crippen LogP contribution in [0.15, 0.2) is 54.7 Å². The number of nitrogens with one attached hydrogen (secondary N) is 1. The molecule has 1 aromatic heterocycles. The van der Waals surface area contributed by atoms with E-state index >= 15 is 0 Å². The van der Waals surface area contributed by atoms with Crippen LogP contribution in [0.2, 0.25) is 0 Å². The van der Waals surface area contributed by atoms with Gasteiger partial charge in [0.25, 0.3) is 0 Å². The van der Waals surface area contributed by atoms with Crippen LogP contribution < -0.4 is 5.32 Å². The molecule has 2 aromatic carbocycles. The number of anilines is 2. The highest BCUT2D eigenvalue weighted by Crippen LogP contribution is 2.33. The summed E-state index contributed by atoms with van der Waals surface area (Å²) in [6.07, 6.45) is 3.98. The highest BCUT2D eigenvalue weighted by atomic mass is 32.2. The molecule has 7 heteroatoms. The lowest BCUT2D eigenvalue weighted by molar-refractivity contribution is 0.167. The van der Waals surface area contributed by atoms with Crippen molar-refractivity contribution < 1.29 is 12.8 Å². The summed E-state index contributed by atoms with van der Waals surface area (Å²) in [6.45, 7) is 3.73. The van der Waals surface area contributed by atoms with Crippen LogP contribution >= 0.6 is 0 Å². The highest BCUT2D eigenvalue weighted by Gasteiger charge is 2.30. The third-order valence-corrected chi connectivity index (χ3v) is 8.58. The Labute approximate surface area is 194 Å². The van der Waals surface area contributed by atoms with E-state index in [9.17, 15) is 12.8 Å². The molecular weight excluding hydrogens is 437 g/mol. The van der Waals surface area contributed by atoms with Gasteiger partial charge >= 0.3 is 0 Å². The Balaban J connectivity index is 1.37. The number of hydrogen-bond donors (Lipinski definition) is 1. The molecule has 172 valence electrons. The molecule has 2 aliphatic heterocycles. The van der Waals surface area contributed by atoms with Gasteiger partial charge in [0.2, 0.25) is 0 Å². The molecular formula is C26H28FN3O2S. The topological polar surface area (TPSA) is 62.3 Å². The van der Waals surface area contributed by atoms with E-state index in [1.807, 2.05) is 25.1 Å². The molecule has 1 fully saturated rings. The van der Waals surface area contributed by atoms with Gasteiger partial charge in [-0.1, -0.05) is 18.2 Å². The molecule has 1 saturated heterocycles. The van der Waals surface area contributed by atoms with Crippen molar-refractivity contribution in [3.05, 3.63) is 77.2 Å². The minimum absolute atomic E-state index is 0.301. The summed E-state index contributed by atoms with van der Waals surface area (Å²) in [5, 5.41) is 3.55. The number of fused-ring (bicyclic) bond motifs is 1. The molecule has 0 unspecified atom stereocenters. The Bertz CT molecular complexity index is 1280. The van der Waals surface area contributed by atoms with Crippen molar-refractivity contribution in [2.45, 2.75) is 38.8 Å². The third-order valence-electron chi connectivity index (χ3n) is 6.87. The summed E-state index contributed by atoms with van der Waals surface area (Å²) in [5.41, 5.74) is 6.65. The fourth-order valence-corrected chi connectivity index (χ4v) is 6.46. The molecule has 0 spiro atoms. The number of halogens is 1. The van der Waals surface area contributed by atoms with Crippen LogP contribution in [0.4, 0.5) is 15.8 Å². The lowest BCUT2D eigenvalue weighted by Gasteiger charge is -2.38. The molecule has 0 radical (unpaired) electrons. The van der Waals surface area contributed by atoms with Crippen LogP contribution in [-0.2, 0) is 22.8 Å². The lowest BCUT2D eigenvalue weighted by Crippen LogP contribution is -2.43. The smallest absolute Gasteiger partial charge is 0.150 e. The first-order valence-electron chi connectivity index (χ1n) is 11.4. The minimum atomic E-state index is -2.85. The number of benzene rings is 2. The van der Waals surface area contributed by atoms with Gasteiger partial charge in [0.15, 0.2) is 0 Å². The molecule has 2 aliphatic rings. The highest BCUT2D eigenvalue weighted by molar-refractivity contribution is 7.91. The average Bonchev–Trinajstić information content (AvgIpc) is 2.81. The zero-order valence-electron chi connectivity index (χ0n) is 18.7. The molecule has 1 N–H and O–H groups in total. The number of aryl methyl sites for hydroxylation is 1. The molecule has 0 saturated carbocycles. The fourth-order valence-electron chi connectivity index (χ4n) is 5.00. The van der Waals surface area contributed by atoms with Gasteiger partial charge in [-0.15, -0.1) is 0 Å². The monoisotopic (exact) mass is 465 g/mol. The first-order valence-corrected chi connectivity index (χ1v) is 13.3. The van der Waals surface area contributed by atoms with Crippen molar-refractivity contribution in [2.24, 2.45) is 0 Å². The molecule has 5 rings (SSSR count). The lowest BCUT2D eigenvalue weighted by atomic mass is 9.95. The predicted octanol–water partition coefficient (Wildman–Crippen LogP) is 4.88. The minimum Gasteiger partial charge on any atom is -0.355 e. The van der Waals surface area contributed by atoms with Gasteiger partial charge in [-0.2, -0.15) is 0 Å². The Morgan fingerprint density at radius 1 is 1.09 bits per heavy atom. The summed E-state index contributed by atoms with van der Waals surface area (Å²) in [7, 11) is -2.85. The van der Waals surface area contributed by atoms with Gasteiger partial charge in [-0.3, -0.25) is 9.88 Å². The van der Waals surface area contributed by atoms with Gasteiger partial charge in [-0.05, 0) is 73.2 Å². The van der Waals surface area contributed by atoms with Crippen LogP contribution in [0.3, 0.4) is 0 Å². The summed E-state index contributed by atoms with van der Waals surface area (Å²) in [5.74, 6) is 0.273. The third kappa shape index (κ3) is 4.66. The summed E-state index contributed by atoms with van der Waals surface area (Å²) in [4.78, 5) is 6.68. The summed E-state index contributed by atoms with van der Waals surface area (Å²) < 4.78 is 37.9. The second-order valence-corrected chi connectivity index (χ2v) is 11.3. The van der Waals surface area contributed by atoms with Crippen LogP contribution in [0.5, 0.6) is 0 Å². The van der Waals surface area contributed by atoms with Crippen molar-refractivity contribution in [1.29, 1.82) is 0 Å². The Morgan fingerprint density at radius 2 is 1.91 bits per heavy atom. The van der Waals surface area contributed by atoms with Gasteiger partial charge in [0, 0.05) is 42.3 Å². The Hall–Kier alpha value is -2.77. The number of nitrogens with zero attached hydrogens (tertiary/aromatic N) is 2. The van der Waals surface area contributed by atoms with Crippen LogP contribution in [0.25, 0.3) is 11.3 Å². The molecule has 33 heavy (non-hydrogen) atoms. The van der Waals surface area contributed by atoms with E-state index in [1.165, 1.54) is 17.2 Å². The van der Waals surface area contributed by atoms with E-state index in [4.69, 9.17) is 0 Å². The van der Waals surface area contributed by atoms with E-state index in [-0.39, 0.29) is 5.82 Å². The normalized spacial score (nSPS) is 18.6. The number of rotatable bonds is 4. The van der Waals surface area contributed by atoms with Gasteiger partial charge in [0.05, 0.1) is 11.5 Å². The largest absolute Gasteiger partial charge is 0.355 e. The fraction of sp³-hybridized carbons (Fsp3) is 0.346. The van der Waals surface area contributed by atoms with E-state index in [2.05, 4.69) is 33.4 Å². The van der Waals surface area contributed by atoms with Crippen molar-refractivity contribution in [2.75, 3.05) is 23.4 Å². The number of pyridine rings is 1. The molecule has 3 aromatic rings. The number of hydrogen-bond acceptors (Lipinski definition) is 5. The summed E-state index contributed by atoms with van der Waals surface area (Å²) in [6, 6.07) is 15.6. The van der Waals surface area contributed by atoms with E-state index < -0.39 is 9.84 Å². The van der Waals surface area contributed by atoms with E-state index in [0.717, 1.165) is 54.9 Å². The SMILES string of the molecule is Cc1ccc(Nc2cccc3c2CCN(C2CCS(=O)(=O)CC2)C3)cc1-c1ncccc1F. The van der Waals surface area contributed by atoms with Crippen LogP contribution in [0, 0.1) is 12.7 Å². The van der Waals surface area contributed by atoms with Gasteiger partial charge in [-0.25, -0.2) is 12.8 Å². The van der Waals surface area contributed by atoms with Crippen molar-refractivity contribution in [3.63, 3.8) is 0 Å². The summed E-state index contributed by atoms with van der Waals surface area (Å²) >= 11 is 0. The number of aromatic nitrogens is 1. The zero-order chi connectivity index (χ0) is 23.0. The number of sulfone groups is 1. The van der Waals surface area contributed by atoms with Crippen LogP contribution in [-0.4, -0.2) is 42.4 Å². The molecule has 0 bridgehead atoms. The van der Waals surface area contributed by atoms with Crippen molar-refractivity contribution in [1.82, 2.24) is 9.88 Å². The zero-order valence-corrected chi connectivity index (χ0v) is 19.5. The molecule has 0 aliphatic carbocycles. The predicted molar refractivity (Wildman–Crippen MR) is 130 cm³/mol. The molecule has 3 heterocycles. The quantitative estimate of drug-likeness (QED) is 0.595. The standard InChI is InChI=1S/C26H28FN3O2S/c1-18-7-8-20(16-23(18)26-24(27)5-3-12-28-26)29-25-6-2-4-19-17-30(13-9-22(19)25)21-10-14-33(31,32)15-11-21/h2-8,12,16,21,29H,9-11,13-15,17H2,1H3. The Morgan fingerprint density at radius 3 is 2.70 bits per heavy atom. The van der Waals surface area contributed by atoms with E-state index in [1.54, 1.807) is 12.3 Å². The molecule has 5 nitrogen and oxygen atoms in total. The second kappa shape index (κ2) is 8.88. The van der Waals surface area contributed by atoms with Crippen molar-refractivity contribution >= 4 is 21.2 Å². The maximum Gasteiger partial charge on any atom is 0.150 e. The first kappa shape index (κ1) is 22.0. The van der Waals surface area contributed by atoms with Crippen LogP contribution in [0.1, 0.15) is 29.5 Å². The molecule has 0 amide bonds.